The van der Waals surface area contributed by atoms with Crippen molar-refractivity contribution in [3.63, 3.8) is 0 Å². The number of aromatic nitrogens is 2. The fraction of sp³-hybridized carbons (Fsp3) is 0.227. The van der Waals surface area contributed by atoms with Crippen LogP contribution >= 0.6 is 11.3 Å². The second-order valence-electron chi connectivity index (χ2n) is 7.22. The number of benzene rings is 2. The Balaban J connectivity index is 1.90. The predicted octanol–water partition coefficient (Wildman–Crippen LogP) is 5.32. The van der Waals surface area contributed by atoms with Gasteiger partial charge in [-0.15, -0.1) is 11.3 Å². The van der Waals surface area contributed by atoms with Gasteiger partial charge >= 0.3 is 5.97 Å². The number of aliphatic carboxylic acids is 1. The van der Waals surface area contributed by atoms with Crippen LogP contribution in [0, 0.1) is 6.92 Å². The summed E-state index contributed by atoms with van der Waals surface area (Å²) in [5.74, 6) is -0.263. The molecule has 0 fully saturated rings. The first-order valence-electron chi connectivity index (χ1n) is 9.40. The minimum Gasteiger partial charge on any atom is -0.493 e. The van der Waals surface area contributed by atoms with Gasteiger partial charge < -0.3 is 9.84 Å². The topological polar surface area (TPSA) is 72.3 Å². The van der Waals surface area contributed by atoms with Gasteiger partial charge in [0.2, 0.25) is 0 Å². The lowest BCUT2D eigenvalue weighted by Crippen LogP contribution is -2.09. The second kappa shape index (κ2) is 6.98. The van der Waals surface area contributed by atoms with Crippen molar-refractivity contribution in [1.82, 2.24) is 9.97 Å². The van der Waals surface area contributed by atoms with Crippen LogP contribution in [0.15, 0.2) is 30.5 Å². The Kier molecular flexibility index (Phi) is 4.39. The van der Waals surface area contributed by atoms with Crippen LogP contribution in [0.1, 0.15) is 28.1 Å². The average Bonchev–Trinajstić information content (AvgIpc) is 3.13. The van der Waals surface area contributed by atoms with Crippen LogP contribution in [0.3, 0.4) is 0 Å². The quantitative estimate of drug-likeness (QED) is 0.478. The third-order valence-corrected chi connectivity index (χ3v) is 6.48. The van der Waals surface area contributed by atoms with Crippen molar-refractivity contribution in [2.24, 2.45) is 0 Å². The van der Waals surface area contributed by atoms with E-state index in [0.29, 0.717) is 44.6 Å². The molecule has 0 aliphatic carbocycles. The molecule has 3 heterocycles. The SMILES string of the molecule is Cc1cc2nc(C(F)F)sc2c(-c2ccc3c4c(ccnc24)CCO3)c1CC(=O)O. The maximum absolute atomic E-state index is 13.4. The molecule has 2 aromatic carbocycles. The van der Waals surface area contributed by atoms with E-state index in [2.05, 4.69) is 9.97 Å². The number of halogens is 2. The zero-order valence-corrected chi connectivity index (χ0v) is 16.7. The molecule has 4 aromatic rings. The molecule has 0 bridgehead atoms. The molecule has 1 N–H and O–H groups in total. The molecule has 1 aliphatic heterocycles. The van der Waals surface area contributed by atoms with E-state index in [1.54, 1.807) is 19.2 Å². The summed E-state index contributed by atoms with van der Waals surface area (Å²) in [7, 11) is 0. The third-order valence-electron chi connectivity index (χ3n) is 5.38. The largest absolute Gasteiger partial charge is 0.493 e. The predicted molar refractivity (Wildman–Crippen MR) is 111 cm³/mol. The number of ether oxygens (including phenoxy) is 1. The summed E-state index contributed by atoms with van der Waals surface area (Å²) in [4.78, 5) is 20.3. The lowest BCUT2D eigenvalue weighted by molar-refractivity contribution is -0.136. The summed E-state index contributed by atoms with van der Waals surface area (Å²) in [6.07, 6.45) is -0.451. The molecule has 30 heavy (non-hydrogen) atoms. The van der Waals surface area contributed by atoms with Gasteiger partial charge in [-0.1, -0.05) is 0 Å². The molecular weight excluding hydrogens is 410 g/mol. The van der Waals surface area contributed by atoms with Crippen LogP contribution in [-0.4, -0.2) is 27.7 Å². The molecule has 5 rings (SSSR count). The van der Waals surface area contributed by atoms with Gasteiger partial charge in [-0.25, -0.2) is 13.8 Å². The minimum absolute atomic E-state index is 0.224. The van der Waals surface area contributed by atoms with Crippen LogP contribution in [0.5, 0.6) is 5.75 Å². The highest BCUT2D eigenvalue weighted by atomic mass is 32.1. The highest BCUT2D eigenvalue weighted by Crippen LogP contribution is 2.44. The van der Waals surface area contributed by atoms with Gasteiger partial charge in [-0.3, -0.25) is 9.78 Å². The van der Waals surface area contributed by atoms with Gasteiger partial charge in [0, 0.05) is 29.1 Å². The van der Waals surface area contributed by atoms with Crippen LogP contribution < -0.4 is 4.74 Å². The van der Waals surface area contributed by atoms with Crippen LogP contribution in [0.2, 0.25) is 0 Å². The molecule has 2 aromatic heterocycles. The molecule has 0 radical (unpaired) electrons. The smallest absolute Gasteiger partial charge is 0.307 e. The number of alkyl halides is 2. The summed E-state index contributed by atoms with van der Waals surface area (Å²) >= 11 is 0.900. The van der Waals surface area contributed by atoms with Crippen LogP contribution in [0.4, 0.5) is 8.78 Å². The summed E-state index contributed by atoms with van der Waals surface area (Å²) in [5.41, 5.74) is 4.81. The fourth-order valence-electron chi connectivity index (χ4n) is 4.11. The highest BCUT2D eigenvalue weighted by molar-refractivity contribution is 7.19. The number of hydrogen-bond acceptors (Lipinski definition) is 5. The standard InChI is InChI=1S/C22H16F2N2O3S/c1-10-8-14-20(30-22(26-14)21(23)24)18(13(10)9-16(27)28)12-2-3-15-17-11(5-7-29-15)4-6-25-19(12)17/h2-4,6,8,21H,5,7,9H2,1H3,(H,27,28). The lowest BCUT2D eigenvalue weighted by Gasteiger charge is -2.21. The van der Waals surface area contributed by atoms with Crippen molar-refractivity contribution in [2.45, 2.75) is 26.2 Å². The number of aryl methyl sites for hydroxylation is 1. The van der Waals surface area contributed by atoms with Crippen molar-refractivity contribution in [2.75, 3.05) is 6.61 Å². The number of pyridine rings is 1. The second-order valence-corrected chi connectivity index (χ2v) is 8.25. The Morgan fingerprint density at radius 1 is 1.33 bits per heavy atom. The average molecular weight is 426 g/mol. The highest BCUT2D eigenvalue weighted by Gasteiger charge is 2.25. The number of nitrogens with zero attached hydrogens (tertiary/aromatic N) is 2. The van der Waals surface area contributed by atoms with Crippen molar-refractivity contribution < 1.29 is 23.4 Å². The van der Waals surface area contributed by atoms with Crippen molar-refractivity contribution >= 4 is 38.4 Å². The zero-order chi connectivity index (χ0) is 21.0. The third kappa shape index (κ3) is 2.90. The van der Waals surface area contributed by atoms with E-state index in [9.17, 15) is 18.7 Å². The minimum atomic E-state index is -2.69. The van der Waals surface area contributed by atoms with E-state index in [4.69, 9.17) is 4.74 Å². The molecule has 0 amide bonds. The first kappa shape index (κ1) is 18.9. The molecule has 8 heteroatoms. The van der Waals surface area contributed by atoms with Crippen LogP contribution in [0.25, 0.3) is 32.2 Å². The van der Waals surface area contributed by atoms with Gasteiger partial charge in [-0.05, 0) is 47.9 Å². The Bertz CT molecular complexity index is 1320. The Morgan fingerprint density at radius 3 is 2.93 bits per heavy atom. The first-order valence-corrected chi connectivity index (χ1v) is 10.2. The molecule has 0 atom stereocenters. The molecular formula is C22H16F2N2O3S. The molecule has 0 spiro atoms. The summed E-state index contributed by atoms with van der Waals surface area (Å²) in [5, 5.41) is 10.1. The Labute approximate surface area is 174 Å². The number of hydrogen-bond donors (Lipinski definition) is 1. The van der Waals surface area contributed by atoms with E-state index < -0.39 is 12.4 Å². The van der Waals surface area contributed by atoms with Crippen LogP contribution in [-0.2, 0) is 17.6 Å². The van der Waals surface area contributed by atoms with Gasteiger partial charge in [0.1, 0.15) is 5.75 Å². The Morgan fingerprint density at radius 2 is 2.17 bits per heavy atom. The van der Waals surface area contributed by atoms with Crippen molar-refractivity contribution in [3.05, 3.63) is 52.2 Å². The number of carboxylic acid groups (broad SMARTS) is 1. The monoisotopic (exact) mass is 426 g/mol. The summed E-state index contributed by atoms with van der Waals surface area (Å²) in [6, 6.07) is 7.31. The van der Waals surface area contributed by atoms with E-state index in [0.717, 1.165) is 34.5 Å². The molecule has 1 aliphatic rings. The van der Waals surface area contributed by atoms with Crippen molar-refractivity contribution in [1.29, 1.82) is 0 Å². The molecule has 0 saturated carbocycles. The molecule has 5 nitrogen and oxygen atoms in total. The van der Waals surface area contributed by atoms with E-state index in [1.165, 1.54) is 0 Å². The molecule has 152 valence electrons. The number of carbonyl (C=O) groups is 1. The maximum atomic E-state index is 13.4. The molecule has 0 saturated heterocycles. The van der Waals surface area contributed by atoms with Gasteiger partial charge in [0.05, 0.1) is 28.8 Å². The first-order chi connectivity index (χ1) is 14.4. The lowest BCUT2D eigenvalue weighted by atomic mass is 9.90. The number of carboxylic acids is 1. The number of thiazole rings is 1. The van der Waals surface area contributed by atoms with E-state index in [-0.39, 0.29) is 11.4 Å². The number of fused-ring (bicyclic) bond motifs is 1. The van der Waals surface area contributed by atoms with E-state index >= 15 is 0 Å². The van der Waals surface area contributed by atoms with Gasteiger partial charge in [-0.2, -0.15) is 0 Å². The molecule has 0 unspecified atom stereocenters. The normalized spacial score (nSPS) is 13.2. The maximum Gasteiger partial charge on any atom is 0.307 e. The number of rotatable bonds is 4. The van der Waals surface area contributed by atoms with Crippen molar-refractivity contribution in [3.8, 4) is 16.9 Å². The van der Waals surface area contributed by atoms with Gasteiger partial charge in [0.25, 0.3) is 6.43 Å². The Hall–Kier alpha value is -3.13. The van der Waals surface area contributed by atoms with Gasteiger partial charge in [0.15, 0.2) is 5.01 Å². The zero-order valence-electron chi connectivity index (χ0n) is 15.9. The fourth-order valence-corrected chi connectivity index (χ4v) is 5.10. The summed E-state index contributed by atoms with van der Waals surface area (Å²) in [6.45, 7) is 2.36. The summed E-state index contributed by atoms with van der Waals surface area (Å²) < 4.78 is 33.1. The van der Waals surface area contributed by atoms with E-state index in [1.807, 2.05) is 18.2 Å².